The van der Waals surface area contributed by atoms with E-state index in [9.17, 15) is 14.7 Å². The van der Waals surface area contributed by atoms with Crippen molar-refractivity contribution in [3.8, 4) is 5.75 Å². The topological polar surface area (TPSA) is 78.9 Å². The first-order valence-electron chi connectivity index (χ1n) is 11.1. The molecule has 1 atom stereocenters. The molecule has 0 spiro atoms. The minimum absolute atomic E-state index is 0.164. The number of hydrogen-bond donors (Lipinski definition) is 2. The maximum absolute atomic E-state index is 12.7. The molecule has 1 amide bonds. The highest BCUT2D eigenvalue weighted by molar-refractivity contribution is 5.94. The normalized spacial score (nSPS) is 13.7. The highest BCUT2D eigenvalue weighted by Crippen LogP contribution is 2.24. The summed E-state index contributed by atoms with van der Waals surface area (Å²) in [7, 11) is 1.34. The summed E-state index contributed by atoms with van der Waals surface area (Å²) in [5.41, 5.74) is 5.25. The van der Waals surface area contributed by atoms with Gasteiger partial charge < -0.3 is 20.1 Å². The fourth-order valence-corrected chi connectivity index (χ4v) is 4.18. The van der Waals surface area contributed by atoms with Crippen LogP contribution in [0.2, 0.25) is 0 Å². The van der Waals surface area contributed by atoms with Crippen molar-refractivity contribution in [1.29, 1.82) is 0 Å². The van der Waals surface area contributed by atoms with Gasteiger partial charge in [0.25, 0.3) is 5.91 Å². The number of benzene rings is 3. The standard InChI is InChI=1S/C27H28N2O4/c1-33-27(32)23(16-19-6-12-25(30)13-7-19)17-28-26(31)21-8-10-24(11-9-21)29-15-14-20-4-2-3-5-22(20)18-29/h2-13,23,30H,14-18H2,1H3,(H,28,31). The monoisotopic (exact) mass is 444 g/mol. The van der Waals surface area contributed by atoms with Crippen molar-refractivity contribution < 1.29 is 19.4 Å². The van der Waals surface area contributed by atoms with Gasteiger partial charge in [-0.25, -0.2) is 0 Å². The number of nitrogens with one attached hydrogen (secondary N) is 1. The fraction of sp³-hybridized carbons (Fsp3) is 0.259. The van der Waals surface area contributed by atoms with Crippen LogP contribution >= 0.6 is 0 Å². The van der Waals surface area contributed by atoms with E-state index in [1.807, 2.05) is 24.3 Å². The summed E-state index contributed by atoms with van der Waals surface area (Å²) in [6.07, 6.45) is 1.41. The van der Waals surface area contributed by atoms with Crippen molar-refractivity contribution in [2.24, 2.45) is 5.92 Å². The summed E-state index contributed by atoms with van der Waals surface area (Å²) in [4.78, 5) is 27.2. The molecule has 0 fully saturated rings. The third-order valence-electron chi connectivity index (χ3n) is 6.09. The minimum atomic E-state index is -0.517. The molecule has 33 heavy (non-hydrogen) atoms. The molecule has 3 aromatic carbocycles. The van der Waals surface area contributed by atoms with Crippen LogP contribution in [0.25, 0.3) is 0 Å². The number of esters is 1. The second-order valence-electron chi connectivity index (χ2n) is 8.29. The zero-order valence-corrected chi connectivity index (χ0v) is 18.7. The zero-order valence-electron chi connectivity index (χ0n) is 18.7. The van der Waals surface area contributed by atoms with E-state index in [4.69, 9.17) is 4.74 Å². The number of hydrogen-bond acceptors (Lipinski definition) is 5. The molecular weight excluding hydrogens is 416 g/mol. The number of phenols is 1. The number of amides is 1. The summed E-state index contributed by atoms with van der Waals surface area (Å²) in [5.74, 6) is -0.968. The van der Waals surface area contributed by atoms with E-state index in [0.29, 0.717) is 12.0 Å². The molecule has 1 aliphatic heterocycles. The lowest BCUT2D eigenvalue weighted by Gasteiger charge is -2.30. The molecule has 4 rings (SSSR count). The maximum Gasteiger partial charge on any atom is 0.310 e. The van der Waals surface area contributed by atoms with E-state index in [1.165, 1.54) is 18.2 Å². The quantitative estimate of drug-likeness (QED) is 0.543. The Bertz CT molecular complexity index is 1110. The Balaban J connectivity index is 1.36. The Labute approximate surface area is 193 Å². The number of ether oxygens (including phenoxy) is 1. The Kier molecular flexibility index (Phi) is 6.93. The smallest absolute Gasteiger partial charge is 0.310 e. The highest BCUT2D eigenvalue weighted by atomic mass is 16.5. The third kappa shape index (κ3) is 5.52. The second kappa shape index (κ2) is 10.2. The van der Waals surface area contributed by atoms with E-state index >= 15 is 0 Å². The van der Waals surface area contributed by atoms with Gasteiger partial charge >= 0.3 is 5.97 Å². The Morgan fingerprint density at radius 1 is 1.00 bits per heavy atom. The van der Waals surface area contributed by atoms with Gasteiger partial charge in [-0.15, -0.1) is 0 Å². The molecule has 170 valence electrons. The maximum atomic E-state index is 12.7. The van der Waals surface area contributed by atoms with Gasteiger partial charge in [-0.2, -0.15) is 0 Å². The number of rotatable bonds is 7. The molecule has 6 nitrogen and oxygen atoms in total. The van der Waals surface area contributed by atoms with Crippen LogP contribution in [0.3, 0.4) is 0 Å². The first-order chi connectivity index (χ1) is 16.0. The SMILES string of the molecule is COC(=O)C(CNC(=O)c1ccc(N2CCc3ccccc3C2)cc1)Cc1ccc(O)cc1. The van der Waals surface area contributed by atoms with Crippen LogP contribution in [-0.2, 0) is 28.9 Å². The summed E-state index contributed by atoms with van der Waals surface area (Å²) in [6.45, 7) is 1.97. The number of fused-ring (bicyclic) bond motifs is 1. The average molecular weight is 445 g/mol. The van der Waals surface area contributed by atoms with Crippen LogP contribution in [0, 0.1) is 5.92 Å². The van der Waals surface area contributed by atoms with Gasteiger partial charge in [0.2, 0.25) is 0 Å². The molecule has 0 radical (unpaired) electrons. The molecule has 0 aliphatic carbocycles. The molecule has 3 aromatic rings. The molecule has 1 aliphatic rings. The number of methoxy groups -OCH3 is 1. The second-order valence-corrected chi connectivity index (χ2v) is 8.29. The summed E-state index contributed by atoms with van der Waals surface area (Å²) in [5, 5.41) is 12.3. The lowest BCUT2D eigenvalue weighted by molar-refractivity contribution is -0.145. The van der Waals surface area contributed by atoms with E-state index < -0.39 is 5.92 Å². The van der Waals surface area contributed by atoms with Crippen LogP contribution in [0.1, 0.15) is 27.0 Å². The van der Waals surface area contributed by atoms with Gasteiger partial charge in [-0.05, 0) is 65.9 Å². The predicted octanol–water partition coefficient (Wildman–Crippen LogP) is 3.72. The summed E-state index contributed by atoms with van der Waals surface area (Å²) >= 11 is 0. The molecule has 1 unspecified atom stereocenters. The Morgan fingerprint density at radius 2 is 1.70 bits per heavy atom. The van der Waals surface area contributed by atoms with Crippen LogP contribution in [0.4, 0.5) is 5.69 Å². The van der Waals surface area contributed by atoms with Gasteiger partial charge in [0.15, 0.2) is 0 Å². The van der Waals surface area contributed by atoms with E-state index in [-0.39, 0.29) is 24.2 Å². The van der Waals surface area contributed by atoms with Gasteiger partial charge in [0, 0.05) is 30.9 Å². The molecule has 0 aromatic heterocycles. The molecular formula is C27H28N2O4. The van der Waals surface area contributed by atoms with Crippen molar-refractivity contribution in [1.82, 2.24) is 5.32 Å². The van der Waals surface area contributed by atoms with Gasteiger partial charge in [-0.3, -0.25) is 9.59 Å². The summed E-state index contributed by atoms with van der Waals surface area (Å²) < 4.78 is 4.91. The number of nitrogens with zero attached hydrogens (tertiary/aromatic N) is 1. The van der Waals surface area contributed by atoms with Gasteiger partial charge in [-0.1, -0.05) is 36.4 Å². The van der Waals surface area contributed by atoms with Crippen molar-refractivity contribution in [2.45, 2.75) is 19.4 Å². The zero-order chi connectivity index (χ0) is 23.2. The minimum Gasteiger partial charge on any atom is -0.508 e. The van der Waals surface area contributed by atoms with Crippen molar-refractivity contribution in [3.05, 3.63) is 95.1 Å². The predicted molar refractivity (Wildman–Crippen MR) is 127 cm³/mol. The highest BCUT2D eigenvalue weighted by Gasteiger charge is 2.21. The summed E-state index contributed by atoms with van der Waals surface area (Å²) in [6, 6.07) is 22.7. The lowest BCUT2D eigenvalue weighted by atomic mass is 9.99. The fourth-order valence-electron chi connectivity index (χ4n) is 4.18. The van der Waals surface area contributed by atoms with Crippen LogP contribution in [0.15, 0.2) is 72.8 Å². The number of anilines is 1. The van der Waals surface area contributed by atoms with Crippen LogP contribution in [-0.4, -0.2) is 37.2 Å². The lowest BCUT2D eigenvalue weighted by Crippen LogP contribution is -2.34. The van der Waals surface area contributed by atoms with E-state index in [2.05, 4.69) is 34.5 Å². The van der Waals surface area contributed by atoms with Crippen molar-refractivity contribution in [3.63, 3.8) is 0 Å². The van der Waals surface area contributed by atoms with Crippen LogP contribution < -0.4 is 10.2 Å². The third-order valence-corrected chi connectivity index (χ3v) is 6.09. The number of aromatic hydroxyl groups is 1. The molecule has 0 saturated heterocycles. The number of carbonyl (C=O) groups is 2. The van der Waals surface area contributed by atoms with Crippen LogP contribution in [0.5, 0.6) is 5.75 Å². The molecule has 1 heterocycles. The Hall–Kier alpha value is -3.80. The van der Waals surface area contributed by atoms with Gasteiger partial charge in [0.1, 0.15) is 5.75 Å². The average Bonchev–Trinajstić information content (AvgIpc) is 2.86. The largest absolute Gasteiger partial charge is 0.508 e. The Morgan fingerprint density at radius 3 is 2.39 bits per heavy atom. The first kappa shape index (κ1) is 22.4. The van der Waals surface area contributed by atoms with Crippen molar-refractivity contribution in [2.75, 3.05) is 25.1 Å². The molecule has 2 N–H and O–H groups in total. The first-order valence-corrected chi connectivity index (χ1v) is 11.1. The van der Waals surface area contributed by atoms with Gasteiger partial charge in [0.05, 0.1) is 13.0 Å². The van der Waals surface area contributed by atoms with E-state index in [1.54, 1.807) is 24.3 Å². The van der Waals surface area contributed by atoms with E-state index in [0.717, 1.165) is 30.8 Å². The molecule has 0 bridgehead atoms. The van der Waals surface area contributed by atoms with Crippen molar-refractivity contribution >= 4 is 17.6 Å². The number of carbonyl (C=O) groups excluding carboxylic acids is 2. The number of phenolic OH excluding ortho intramolecular Hbond substituents is 1. The molecule has 6 heteroatoms. The molecule has 0 saturated carbocycles.